The molecule has 3 rings (SSSR count). The average molecular weight is 357 g/mol. The first-order chi connectivity index (χ1) is 12.2. The Morgan fingerprint density at radius 1 is 1.24 bits per heavy atom. The summed E-state index contributed by atoms with van der Waals surface area (Å²) in [4.78, 5) is 18.2. The number of carbonyl (C=O) groups is 1. The van der Waals surface area contributed by atoms with Gasteiger partial charge in [0.2, 0.25) is 5.06 Å². The highest BCUT2D eigenvalue weighted by Gasteiger charge is 2.15. The Labute approximate surface area is 148 Å². The number of amides is 2. The number of halogens is 1. The van der Waals surface area contributed by atoms with Crippen molar-refractivity contribution >= 4 is 28.2 Å². The quantitative estimate of drug-likeness (QED) is 0.688. The Kier molecular flexibility index (Phi) is 5.25. The van der Waals surface area contributed by atoms with Gasteiger partial charge in [-0.15, -0.1) is 0 Å². The highest BCUT2D eigenvalue weighted by molar-refractivity contribution is 7.17. The van der Waals surface area contributed by atoms with Crippen molar-refractivity contribution < 1.29 is 13.9 Å². The van der Waals surface area contributed by atoms with Gasteiger partial charge in [-0.2, -0.15) is 0 Å². The molecule has 0 bridgehead atoms. The topological polar surface area (TPSA) is 54.5 Å². The number of rotatable bonds is 5. The van der Waals surface area contributed by atoms with Crippen molar-refractivity contribution in [2.45, 2.75) is 6.92 Å². The third-order valence-electron chi connectivity index (χ3n) is 3.34. The van der Waals surface area contributed by atoms with Crippen LogP contribution in [0.4, 0.5) is 20.0 Å². The maximum Gasteiger partial charge on any atom is 0.328 e. The molecule has 0 saturated heterocycles. The Hall–Kier alpha value is -2.93. The van der Waals surface area contributed by atoms with Crippen LogP contribution >= 0.6 is 11.3 Å². The summed E-state index contributed by atoms with van der Waals surface area (Å²) in [5.41, 5.74) is 0.801. The van der Waals surface area contributed by atoms with Gasteiger partial charge in [0.05, 0.1) is 6.20 Å². The lowest BCUT2D eigenvalue weighted by Gasteiger charge is -2.20. The first-order valence-electron chi connectivity index (χ1n) is 7.68. The SMILES string of the molecule is CCN(C(=O)Nc1ncc(Oc2cccc(F)c2)s1)c1ccccc1. The van der Waals surface area contributed by atoms with Crippen LogP contribution < -0.4 is 15.0 Å². The number of thiazole rings is 1. The van der Waals surface area contributed by atoms with E-state index >= 15 is 0 Å². The van der Waals surface area contributed by atoms with E-state index in [1.807, 2.05) is 37.3 Å². The number of carbonyl (C=O) groups excluding carboxylic acids is 1. The van der Waals surface area contributed by atoms with Gasteiger partial charge in [-0.3, -0.25) is 10.2 Å². The molecule has 0 fully saturated rings. The molecule has 1 heterocycles. The Bertz CT molecular complexity index is 854. The maximum atomic E-state index is 13.2. The van der Waals surface area contributed by atoms with E-state index in [4.69, 9.17) is 4.74 Å². The van der Waals surface area contributed by atoms with Crippen molar-refractivity contribution in [3.8, 4) is 10.8 Å². The lowest BCUT2D eigenvalue weighted by molar-refractivity contribution is 0.257. The molecule has 2 aromatic carbocycles. The van der Waals surface area contributed by atoms with Crippen LogP contribution in [-0.4, -0.2) is 17.6 Å². The number of benzene rings is 2. The van der Waals surface area contributed by atoms with Crippen LogP contribution in [0.15, 0.2) is 60.8 Å². The second-order valence-corrected chi connectivity index (χ2v) is 6.05. The molecular formula is C18H16FN3O2S. The first-order valence-corrected chi connectivity index (χ1v) is 8.50. The van der Waals surface area contributed by atoms with Gasteiger partial charge in [-0.25, -0.2) is 14.2 Å². The number of hydrogen-bond acceptors (Lipinski definition) is 4. The zero-order valence-electron chi connectivity index (χ0n) is 13.5. The van der Waals surface area contributed by atoms with E-state index in [0.29, 0.717) is 22.5 Å². The van der Waals surface area contributed by atoms with E-state index in [1.165, 1.54) is 29.7 Å². The minimum absolute atomic E-state index is 0.277. The first kappa shape index (κ1) is 16.9. The number of aromatic nitrogens is 1. The van der Waals surface area contributed by atoms with E-state index in [-0.39, 0.29) is 11.8 Å². The summed E-state index contributed by atoms with van der Waals surface area (Å²) < 4.78 is 18.7. The predicted molar refractivity (Wildman–Crippen MR) is 97.1 cm³/mol. The van der Waals surface area contributed by atoms with E-state index < -0.39 is 0 Å². The summed E-state index contributed by atoms with van der Waals surface area (Å²) in [6.07, 6.45) is 1.49. The molecule has 0 radical (unpaired) electrons. The molecule has 0 unspecified atom stereocenters. The predicted octanol–water partition coefficient (Wildman–Crippen LogP) is 5.13. The molecule has 5 nitrogen and oxygen atoms in total. The molecule has 0 aliphatic rings. The fourth-order valence-corrected chi connectivity index (χ4v) is 2.90. The highest BCUT2D eigenvalue weighted by Crippen LogP contribution is 2.30. The molecule has 25 heavy (non-hydrogen) atoms. The van der Waals surface area contributed by atoms with Crippen LogP contribution in [0, 0.1) is 5.82 Å². The highest BCUT2D eigenvalue weighted by atomic mass is 32.1. The van der Waals surface area contributed by atoms with Crippen LogP contribution in [0.25, 0.3) is 0 Å². The molecule has 7 heteroatoms. The second kappa shape index (κ2) is 7.76. The Morgan fingerprint density at radius 2 is 2.04 bits per heavy atom. The third-order valence-corrected chi connectivity index (χ3v) is 4.13. The van der Waals surface area contributed by atoms with Crippen LogP contribution in [0.2, 0.25) is 0 Å². The number of nitrogens with one attached hydrogen (secondary N) is 1. The molecule has 0 atom stereocenters. The van der Waals surface area contributed by atoms with Crippen LogP contribution in [0.5, 0.6) is 10.8 Å². The summed E-state index contributed by atoms with van der Waals surface area (Å²) in [7, 11) is 0. The summed E-state index contributed by atoms with van der Waals surface area (Å²) in [6, 6.07) is 14.9. The summed E-state index contributed by atoms with van der Waals surface area (Å²) in [6.45, 7) is 2.42. The van der Waals surface area contributed by atoms with Crippen molar-refractivity contribution in [1.29, 1.82) is 0 Å². The number of hydrogen-bond donors (Lipinski definition) is 1. The molecule has 0 aliphatic heterocycles. The van der Waals surface area contributed by atoms with Crippen molar-refractivity contribution in [1.82, 2.24) is 4.98 Å². The Morgan fingerprint density at radius 3 is 2.76 bits per heavy atom. The second-order valence-electron chi connectivity index (χ2n) is 5.05. The van der Waals surface area contributed by atoms with Crippen LogP contribution in [0.3, 0.4) is 0 Å². The molecule has 128 valence electrons. The van der Waals surface area contributed by atoms with Crippen molar-refractivity contribution in [2.75, 3.05) is 16.8 Å². The van der Waals surface area contributed by atoms with Gasteiger partial charge in [0.25, 0.3) is 0 Å². The van der Waals surface area contributed by atoms with Gasteiger partial charge < -0.3 is 4.74 Å². The molecule has 0 saturated carbocycles. The fraction of sp³-hybridized carbons (Fsp3) is 0.111. The average Bonchev–Trinajstić information content (AvgIpc) is 3.03. The third kappa shape index (κ3) is 4.33. The smallest absolute Gasteiger partial charge is 0.328 e. The summed E-state index contributed by atoms with van der Waals surface area (Å²) >= 11 is 1.17. The van der Waals surface area contributed by atoms with E-state index in [1.54, 1.807) is 17.0 Å². The number of ether oxygens (including phenoxy) is 1. The lowest BCUT2D eigenvalue weighted by Crippen LogP contribution is -2.34. The number of para-hydroxylation sites is 1. The van der Waals surface area contributed by atoms with Gasteiger partial charge >= 0.3 is 6.03 Å². The normalized spacial score (nSPS) is 10.3. The van der Waals surface area contributed by atoms with Gasteiger partial charge in [0.15, 0.2) is 5.13 Å². The number of urea groups is 1. The van der Waals surface area contributed by atoms with Crippen molar-refractivity contribution in [2.24, 2.45) is 0 Å². The zero-order chi connectivity index (χ0) is 17.6. The maximum absolute atomic E-state index is 13.2. The van der Waals surface area contributed by atoms with Gasteiger partial charge in [-0.1, -0.05) is 35.6 Å². The molecule has 0 aliphatic carbocycles. The van der Waals surface area contributed by atoms with E-state index in [2.05, 4.69) is 10.3 Å². The standard InChI is InChI=1S/C18H16FN3O2S/c1-2-22(14-8-4-3-5-9-14)18(23)21-17-20-12-16(25-17)24-15-10-6-7-13(19)11-15/h3-12H,2H2,1H3,(H,20,21,23). The zero-order valence-corrected chi connectivity index (χ0v) is 14.3. The van der Waals surface area contributed by atoms with E-state index in [0.717, 1.165) is 5.69 Å². The minimum Gasteiger partial charge on any atom is -0.445 e. The molecule has 1 aromatic heterocycles. The molecule has 3 aromatic rings. The largest absolute Gasteiger partial charge is 0.445 e. The Balaban J connectivity index is 1.67. The summed E-state index contributed by atoms with van der Waals surface area (Å²) in [5.74, 6) is -0.00186. The molecular weight excluding hydrogens is 341 g/mol. The van der Waals surface area contributed by atoms with Crippen molar-refractivity contribution in [3.63, 3.8) is 0 Å². The summed E-state index contributed by atoms with van der Waals surface area (Å²) in [5, 5.41) is 3.62. The van der Waals surface area contributed by atoms with Crippen molar-refractivity contribution in [3.05, 3.63) is 66.6 Å². The van der Waals surface area contributed by atoms with E-state index in [9.17, 15) is 9.18 Å². The minimum atomic E-state index is -0.378. The fourth-order valence-electron chi connectivity index (χ4n) is 2.22. The molecule has 0 spiro atoms. The molecule has 1 N–H and O–H groups in total. The lowest BCUT2D eigenvalue weighted by atomic mass is 10.3. The van der Waals surface area contributed by atoms with Gasteiger partial charge in [0, 0.05) is 18.3 Å². The number of nitrogens with zero attached hydrogens (tertiary/aromatic N) is 2. The number of anilines is 2. The van der Waals surface area contributed by atoms with Crippen LogP contribution in [-0.2, 0) is 0 Å². The van der Waals surface area contributed by atoms with Crippen LogP contribution in [0.1, 0.15) is 6.92 Å². The molecule has 2 amide bonds. The monoisotopic (exact) mass is 357 g/mol. The van der Waals surface area contributed by atoms with Gasteiger partial charge in [0.1, 0.15) is 11.6 Å². The van der Waals surface area contributed by atoms with Gasteiger partial charge in [-0.05, 0) is 31.2 Å².